The van der Waals surface area contributed by atoms with Gasteiger partial charge in [-0.1, -0.05) is 44.2 Å². The highest BCUT2D eigenvalue weighted by Gasteiger charge is 2.17. The molecule has 4 heteroatoms. The first kappa shape index (κ1) is 16.9. The molecular formula is C14H23ClN2O. The van der Waals surface area contributed by atoms with Gasteiger partial charge >= 0.3 is 0 Å². The second kappa shape index (κ2) is 9.92. The highest BCUT2D eigenvalue weighted by atomic mass is 35.5. The van der Waals surface area contributed by atoms with E-state index >= 15 is 0 Å². The Balaban J connectivity index is 0.00000289. The molecule has 1 aromatic rings. The Labute approximate surface area is 116 Å². The lowest BCUT2D eigenvalue weighted by Gasteiger charge is -2.15. The van der Waals surface area contributed by atoms with Crippen LogP contribution in [0.5, 0.6) is 0 Å². The number of nitrogens with one attached hydrogen (secondary N) is 2. The molecule has 0 saturated heterocycles. The Morgan fingerprint density at radius 2 is 1.83 bits per heavy atom. The van der Waals surface area contributed by atoms with Crippen molar-refractivity contribution in [3.8, 4) is 0 Å². The van der Waals surface area contributed by atoms with E-state index < -0.39 is 0 Å². The average Bonchev–Trinajstić information content (AvgIpc) is 2.37. The molecule has 0 spiro atoms. The van der Waals surface area contributed by atoms with Gasteiger partial charge in [0.05, 0.1) is 5.92 Å². The van der Waals surface area contributed by atoms with E-state index in [0.717, 1.165) is 25.1 Å². The van der Waals surface area contributed by atoms with E-state index in [2.05, 4.69) is 17.6 Å². The van der Waals surface area contributed by atoms with E-state index in [1.165, 1.54) is 0 Å². The summed E-state index contributed by atoms with van der Waals surface area (Å²) in [6, 6.07) is 9.95. The molecule has 0 aromatic heterocycles. The van der Waals surface area contributed by atoms with Crippen LogP contribution < -0.4 is 10.6 Å². The second-order valence-corrected chi connectivity index (χ2v) is 4.02. The predicted octanol–water partition coefficient (Wildman–Crippen LogP) is 2.33. The van der Waals surface area contributed by atoms with Gasteiger partial charge in [-0.3, -0.25) is 4.79 Å². The van der Waals surface area contributed by atoms with Gasteiger partial charge in [-0.15, -0.1) is 12.4 Å². The number of carbonyl (C=O) groups is 1. The fourth-order valence-corrected chi connectivity index (χ4v) is 1.83. The smallest absolute Gasteiger partial charge is 0.227 e. The van der Waals surface area contributed by atoms with Crippen molar-refractivity contribution in [1.29, 1.82) is 0 Å². The first-order valence-electron chi connectivity index (χ1n) is 6.33. The van der Waals surface area contributed by atoms with E-state index in [1.54, 1.807) is 0 Å². The highest BCUT2D eigenvalue weighted by molar-refractivity contribution is 5.85. The van der Waals surface area contributed by atoms with Crippen molar-refractivity contribution in [2.75, 3.05) is 19.6 Å². The molecule has 0 aliphatic rings. The standard InChI is InChI=1S/C14H22N2O.ClH/c1-3-13(12-8-6-5-7-9-12)14(17)16-11-10-15-4-2;/h5-9,13,15H,3-4,10-11H2,1-2H3,(H,16,17);1H. The van der Waals surface area contributed by atoms with E-state index in [-0.39, 0.29) is 24.2 Å². The van der Waals surface area contributed by atoms with Crippen molar-refractivity contribution in [1.82, 2.24) is 10.6 Å². The molecule has 1 rings (SSSR count). The molecule has 1 unspecified atom stereocenters. The summed E-state index contributed by atoms with van der Waals surface area (Å²) in [5.74, 6) is 0.0921. The SMILES string of the molecule is CCNCCNC(=O)C(CC)c1ccccc1.Cl. The lowest BCUT2D eigenvalue weighted by atomic mass is 9.96. The van der Waals surface area contributed by atoms with Crippen molar-refractivity contribution >= 4 is 18.3 Å². The van der Waals surface area contributed by atoms with Gasteiger partial charge in [-0.2, -0.15) is 0 Å². The summed E-state index contributed by atoms with van der Waals surface area (Å²) in [6.45, 7) is 6.55. The molecule has 1 amide bonds. The lowest BCUT2D eigenvalue weighted by molar-refractivity contribution is -0.122. The van der Waals surface area contributed by atoms with Crippen LogP contribution in [0.4, 0.5) is 0 Å². The Bertz CT molecular complexity index is 330. The summed E-state index contributed by atoms with van der Waals surface area (Å²) in [4.78, 5) is 12.0. The number of rotatable bonds is 7. The summed E-state index contributed by atoms with van der Waals surface area (Å²) < 4.78 is 0. The number of halogens is 1. The van der Waals surface area contributed by atoms with Crippen LogP contribution in [-0.2, 0) is 4.79 Å². The summed E-state index contributed by atoms with van der Waals surface area (Å²) in [7, 11) is 0. The van der Waals surface area contributed by atoms with Crippen molar-refractivity contribution in [2.24, 2.45) is 0 Å². The molecule has 1 atom stereocenters. The number of amides is 1. The zero-order valence-corrected chi connectivity index (χ0v) is 11.9. The van der Waals surface area contributed by atoms with Crippen molar-refractivity contribution in [2.45, 2.75) is 26.2 Å². The van der Waals surface area contributed by atoms with E-state index in [0.29, 0.717) is 6.54 Å². The summed E-state index contributed by atoms with van der Waals surface area (Å²) >= 11 is 0. The molecule has 2 N–H and O–H groups in total. The second-order valence-electron chi connectivity index (χ2n) is 4.02. The highest BCUT2D eigenvalue weighted by Crippen LogP contribution is 2.18. The molecule has 0 aliphatic carbocycles. The number of carbonyl (C=O) groups excluding carboxylic acids is 1. The van der Waals surface area contributed by atoms with Gasteiger partial charge in [0.15, 0.2) is 0 Å². The van der Waals surface area contributed by atoms with Gasteiger partial charge in [-0.05, 0) is 18.5 Å². The van der Waals surface area contributed by atoms with Crippen LogP contribution in [-0.4, -0.2) is 25.5 Å². The first-order chi connectivity index (χ1) is 8.29. The molecule has 3 nitrogen and oxygen atoms in total. The molecule has 0 radical (unpaired) electrons. The molecule has 1 aromatic carbocycles. The van der Waals surface area contributed by atoms with Crippen molar-refractivity contribution in [3.05, 3.63) is 35.9 Å². The van der Waals surface area contributed by atoms with Gasteiger partial charge in [-0.25, -0.2) is 0 Å². The number of hydrogen-bond donors (Lipinski definition) is 2. The first-order valence-corrected chi connectivity index (χ1v) is 6.33. The third-order valence-electron chi connectivity index (χ3n) is 2.78. The zero-order chi connectivity index (χ0) is 12.5. The van der Waals surface area contributed by atoms with Crippen molar-refractivity contribution in [3.63, 3.8) is 0 Å². The fraction of sp³-hybridized carbons (Fsp3) is 0.500. The van der Waals surface area contributed by atoms with Crippen LogP contribution in [0.1, 0.15) is 31.7 Å². The summed E-state index contributed by atoms with van der Waals surface area (Å²) in [6.07, 6.45) is 0.830. The maximum Gasteiger partial charge on any atom is 0.227 e. The average molecular weight is 271 g/mol. The molecule has 0 fully saturated rings. The monoisotopic (exact) mass is 270 g/mol. The third-order valence-corrected chi connectivity index (χ3v) is 2.78. The zero-order valence-electron chi connectivity index (χ0n) is 11.1. The van der Waals surface area contributed by atoms with Crippen LogP contribution in [0.25, 0.3) is 0 Å². The Morgan fingerprint density at radius 3 is 2.39 bits per heavy atom. The minimum atomic E-state index is -0.0298. The molecule has 102 valence electrons. The van der Waals surface area contributed by atoms with Crippen LogP contribution in [0.15, 0.2) is 30.3 Å². The van der Waals surface area contributed by atoms with Crippen LogP contribution >= 0.6 is 12.4 Å². The number of likely N-dealkylation sites (N-methyl/N-ethyl adjacent to an activating group) is 1. The largest absolute Gasteiger partial charge is 0.354 e. The van der Waals surface area contributed by atoms with Gasteiger partial charge in [0, 0.05) is 13.1 Å². The summed E-state index contributed by atoms with van der Waals surface area (Å²) in [5, 5.41) is 6.15. The fourth-order valence-electron chi connectivity index (χ4n) is 1.83. The molecule has 0 bridgehead atoms. The minimum Gasteiger partial charge on any atom is -0.354 e. The van der Waals surface area contributed by atoms with E-state index in [9.17, 15) is 4.79 Å². The molecule has 0 aliphatic heterocycles. The van der Waals surface area contributed by atoms with Crippen LogP contribution in [0.3, 0.4) is 0 Å². The minimum absolute atomic E-state index is 0. The van der Waals surface area contributed by atoms with Gasteiger partial charge in [0.1, 0.15) is 0 Å². The van der Waals surface area contributed by atoms with Crippen molar-refractivity contribution < 1.29 is 4.79 Å². The van der Waals surface area contributed by atoms with E-state index in [4.69, 9.17) is 0 Å². The predicted molar refractivity (Wildman–Crippen MR) is 78.3 cm³/mol. The number of benzene rings is 1. The van der Waals surface area contributed by atoms with Gasteiger partial charge in [0.25, 0.3) is 0 Å². The maximum absolute atomic E-state index is 12.0. The van der Waals surface area contributed by atoms with Gasteiger partial charge in [0.2, 0.25) is 5.91 Å². The van der Waals surface area contributed by atoms with Gasteiger partial charge < -0.3 is 10.6 Å². The van der Waals surface area contributed by atoms with E-state index in [1.807, 2.05) is 37.3 Å². The van der Waals surface area contributed by atoms with Crippen LogP contribution in [0, 0.1) is 0 Å². The third kappa shape index (κ3) is 5.52. The van der Waals surface area contributed by atoms with Crippen LogP contribution in [0.2, 0.25) is 0 Å². The number of hydrogen-bond acceptors (Lipinski definition) is 2. The quantitative estimate of drug-likeness (QED) is 0.747. The molecule has 18 heavy (non-hydrogen) atoms. The Hall–Kier alpha value is -1.06. The Morgan fingerprint density at radius 1 is 1.17 bits per heavy atom. The molecular weight excluding hydrogens is 248 g/mol. The lowest BCUT2D eigenvalue weighted by Crippen LogP contribution is -2.34. The normalized spacial score (nSPS) is 11.4. The maximum atomic E-state index is 12.0. The molecule has 0 heterocycles. The topological polar surface area (TPSA) is 41.1 Å². The molecule has 0 saturated carbocycles. The Kier molecular flexibility index (Phi) is 9.33. The summed E-state index contributed by atoms with van der Waals surface area (Å²) in [5.41, 5.74) is 1.09.